The molecule has 1 aromatic rings. The molecule has 3 N–H and O–H groups in total. The van der Waals surface area contributed by atoms with E-state index < -0.39 is 0 Å². The number of unbranched alkanes of at least 4 members (excludes halogenated alkanes) is 1. The number of ether oxygens (including phenoxy) is 1. The van der Waals surface area contributed by atoms with Gasteiger partial charge in [-0.1, -0.05) is 26.0 Å². The van der Waals surface area contributed by atoms with Crippen LogP contribution in [0.15, 0.2) is 24.3 Å². The van der Waals surface area contributed by atoms with Crippen LogP contribution >= 0.6 is 0 Å². The van der Waals surface area contributed by atoms with Gasteiger partial charge in [0, 0.05) is 5.41 Å². The van der Waals surface area contributed by atoms with Crippen LogP contribution < -0.4 is 10.5 Å². The second kappa shape index (κ2) is 6.43. The van der Waals surface area contributed by atoms with Crippen LogP contribution in [-0.2, 0) is 0 Å². The number of hydrogen-bond donors (Lipinski definition) is 2. The monoisotopic (exact) mass is 248 g/mol. The molecule has 0 bridgehead atoms. The highest BCUT2D eigenvalue weighted by atomic mass is 16.5. The molecule has 100 valence electrons. The first kappa shape index (κ1) is 14.6. The molecule has 0 spiro atoms. The van der Waals surface area contributed by atoms with Crippen molar-refractivity contribution in [2.45, 2.75) is 40.0 Å². The molecule has 1 rings (SSSR count). The Bertz CT molecular complexity index is 399. The van der Waals surface area contributed by atoms with Crippen LogP contribution in [0, 0.1) is 17.7 Å². The molecule has 0 amide bonds. The number of amidine groups is 1. The number of nitrogens with two attached hydrogens (primary N) is 1. The molecule has 0 radical (unpaired) electrons. The topological polar surface area (TPSA) is 59.1 Å². The first-order chi connectivity index (χ1) is 8.42. The van der Waals surface area contributed by atoms with Gasteiger partial charge >= 0.3 is 0 Å². The number of hydrogen-bond acceptors (Lipinski definition) is 2. The second-order valence-electron chi connectivity index (χ2n) is 5.42. The van der Waals surface area contributed by atoms with Crippen LogP contribution in [0.5, 0.6) is 5.75 Å². The number of rotatable bonds is 7. The highest BCUT2D eigenvalue weighted by molar-refractivity contribution is 5.82. The van der Waals surface area contributed by atoms with Crippen molar-refractivity contribution in [2.75, 3.05) is 6.61 Å². The molecule has 18 heavy (non-hydrogen) atoms. The summed E-state index contributed by atoms with van der Waals surface area (Å²) in [4.78, 5) is 0. The Morgan fingerprint density at radius 1 is 1.33 bits per heavy atom. The minimum absolute atomic E-state index is 0.191. The Morgan fingerprint density at radius 3 is 2.67 bits per heavy atom. The van der Waals surface area contributed by atoms with Crippen molar-refractivity contribution in [1.29, 1.82) is 5.41 Å². The maximum Gasteiger partial charge on any atom is 0.119 e. The van der Waals surface area contributed by atoms with E-state index in [2.05, 4.69) is 13.0 Å². The van der Waals surface area contributed by atoms with Crippen molar-refractivity contribution in [2.24, 2.45) is 11.1 Å². The van der Waals surface area contributed by atoms with Crippen LogP contribution in [-0.4, -0.2) is 12.4 Å². The summed E-state index contributed by atoms with van der Waals surface area (Å²) in [5.41, 5.74) is 6.57. The number of benzene rings is 1. The van der Waals surface area contributed by atoms with Gasteiger partial charge in [-0.05, 0) is 43.9 Å². The van der Waals surface area contributed by atoms with Gasteiger partial charge < -0.3 is 10.5 Å². The fraction of sp³-hybridized carbons (Fsp3) is 0.533. The minimum Gasteiger partial charge on any atom is -0.494 e. The Balaban J connectivity index is 2.22. The third-order valence-electron chi connectivity index (χ3n) is 3.18. The van der Waals surface area contributed by atoms with Crippen LogP contribution in [0.2, 0.25) is 0 Å². The first-order valence-electron chi connectivity index (χ1n) is 6.46. The molecular weight excluding hydrogens is 224 g/mol. The maximum absolute atomic E-state index is 7.48. The van der Waals surface area contributed by atoms with Crippen molar-refractivity contribution in [3.8, 4) is 5.75 Å². The third kappa shape index (κ3) is 4.78. The van der Waals surface area contributed by atoms with E-state index in [0.717, 1.165) is 31.6 Å². The van der Waals surface area contributed by atoms with E-state index in [4.69, 9.17) is 15.9 Å². The Hall–Kier alpha value is -1.51. The molecule has 1 aromatic carbocycles. The van der Waals surface area contributed by atoms with Crippen molar-refractivity contribution in [3.63, 3.8) is 0 Å². The molecule has 0 aliphatic heterocycles. The quantitative estimate of drug-likeness (QED) is 0.441. The van der Waals surface area contributed by atoms with Gasteiger partial charge in [-0.25, -0.2) is 0 Å². The molecule has 0 atom stereocenters. The molecule has 0 unspecified atom stereocenters. The highest BCUT2D eigenvalue weighted by Crippen LogP contribution is 2.22. The zero-order valence-corrected chi connectivity index (χ0v) is 11.6. The normalized spacial score (nSPS) is 11.3. The molecule has 3 heteroatoms. The van der Waals surface area contributed by atoms with Gasteiger partial charge in [-0.2, -0.15) is 0 Å². The lowest BCUT2D eigenvalue weighted by Gasteiger charge is -2.22. The summed E-state index contributed by atoms with van der Waals surface area (Å²) in [6.45, 7) is 6.80. The average Bonchev–Trinajstić information content (AvgIpc) is 2.28. The summed E-state index contributed by atoms with van der Waals surface area (Å²) in [5.74, 6) is 1.20. The second-order valence-corrected chi connectivity index (χ2v) is 5.42. The van der Waals surface area contributed by atoms with Crippen LogP contribution in [0.25, 0.3) is 0 Å². The molecule has 3 nitrogen and oxygen atoms in total. The molecule has 0 saturated heterocycles. The molecule has 0 aliphatic carbocycles. The lowest BCUT2D eigenvalue weighted by atomic mass is 9.86. The molecule has 0 aromatic heterocycles. The Kier molecular flexibility index (Phi) is 5.20. The largest absolute Gasteiger partial charge is 0.494 e. The molecule has 0 aliphatic rings. The first-order valence-corrected chi connectivity index (χ1v) is 6.46. The standard InChI is InChI=1S/C15H24N2O/c1-12-7-6-8-13(11-12)18-10-5-4-9-15(2,3)14(16)17/h6-8,11H,4-5,9-10H2,1-3H3,(H3,16,17). The van der Waals surface area contributed by atoms with Gasteiger partial charge in [0.05, 0.1) is 12.4 Å². The van der Waals surface area contributed by atoms with Gasteiger partial charge in [0.15, 0.2) is 0 Å². The van der Waals surface area contributed by atoms with E-state index in [1.54, 1.807) is 0 Å². The summed E-state index contributed by atoms with van der Waals surface area (Å²) in [7, 11) is 0. The fourth-order valence-corrected chi connectivity index (χ4v) is 1.70. The smallest absolute Gasteiger partial charge is 0.119 e. The predicted octanol–water partition coefficient (Wildman–Crippen LogP) is 3.51. The maximum atomic E-state index is 7.48. The summed E-state index contributed by atoms with van der Waals surface area (Å²) < 4.78 is 5.68. The van der Waals surface area contributed by atoms with E-state index in [1.807, 2.05) is 32.0 Å². The summed E-state index contributed by atoms with van der Waals surface area (Å²) >= 11 is 0. The fourth-order valence-electron chi connectivity index (χ4n) is 1.70. The van der Waals surface area contributed by atoms with E-state index >= 15 is 0 Å². The summed E-state index contributed by atoms with van der Waals surface area (Å²) in [6.07, 6.45) is 2.95. The lowest BCUT2D eigenvalue weighted by Crippen LogP contribution is -2.30. The molecule has 0 saturated carbocycles. The number of nitrogens with one attached hydrogen (secondary N) is 1. The molecule has 0 fully saturated rings. The van der Waals surface area contributed by atoms with Gasteiger partial charge in [0.2, 0.25) is 0 Å². The lowest BCUT2D eigenvalue weighted by molar-refractivity contribution is 0.296. The summed E-state index contributed by atoms with van der Waals surface area (Å²) in [5, 5.41) is 7.48. The van der Waals surface area contributed by atoms with Gasteiger partial charge in [-0.3, -0.25) is 5.41 Å². The van der Waals surface area contributed by atoms with Crippen molar-refractivity contribution in [1.82, 2.24) is 0 Å². The van der Waals surface area contributed by atoms with Gasteiger partial charge in [0.25, 0.3) is 0 Å². The SMILES string of the molecule is Cc1cccc(OCCCCC(C)(C)C(=N)N)c1. The van der Waals surface area contributed by atoms with Crippen molar-refractivity contribution >= 4 is 5.84 Å². The Morgan fingerprint density at radius 2 is 2.06 bits per heavy atom. The average molecular weight is 248 g/mol. The van der Waals surface area contributed by atoms with Crippen molar-refractivity contribution in [3.05, 3.63) is 29.8 Å². The van der Waals surface area contributed by atoms with Gasteiger partial charge in [0.1, 0.15) is 5.75 Å². The molecule has 0 heterocycles. The van der Waals surface area contributed by atoms with E-state index in [9.17, 15) is 0 Å². The predicted molar refractivity (Wildman–Crippen MR) is 76.2 cm³/mol. The Labute approximate surface area is 110 Å². The highest BCUT2D eigenvalue weighted by Gasteiger charge is 2.20. The van der Waals surface area contributed by atoms with Crippen LogP contribution in [0.1, 0.15) is 38.7 Å². The summed E-state index contributed by atoms with van der Waals surface area (Å²) in [6, 6.07) is 8.08. The van der Waals surface area contributed by atoms with E-state index in [0.29, 0.717) is 0 Å². The molecular formula is C15H24N2O. The van der Waals surface area contributed by atoms with Crippen molar-refractivity contribution < 1.29 is 4.74 Å². The van der Waals surface area contributed by atoms with Gasteiger partial charge in [-0.15, -0.1) is 0 Å². The van der Waals surface area contributed by atoms with Crippen LogP contribution in [0.4, 0.5) is 0 Å². The zero-order chi connectivity index (χ0) is 13.6. The van der Waals surface area contributed by atoms with E-state index in [1.165, 1.54) is 5.56 Å². The minimum atomic E-state index is -0.191. The third-order valence-corrected chi connectivity index (χ3v) is 3.18. The zero-order valence-electron chi connectivity index (χ0n) is 11.6. The number of aryl methyl sites for hydroxylation is 1. The van der Waals surface area contributed by atoms with Crippen LogP contribution in [0.3, 0.4) is 0 Å². The van der Waals surface area contributed by atoms with E-state index in [-0.39, 0.29) is 11.3 Å².